The number of aliphatic hydroxyl groups is 1. The van der Waals surface area contributed by atoms with Crippen molar-refractivity contribution in [1.29, 1.82) is 0 Å². The molecule has 0 unspecified atom stereocenters. The molecule has 0 spiro atoms. The summed E-state index contributed by atoms with van der Waals surface area (Å²) in [5.41, 5.74) is 2.06. The third-order valence-electron chi connectivity index (χ3n) is 2.25. The summed E-state index contributed by atoms with van der Waals surface area (Å²) in [4.78, 5) is 0. The van der Waals surface area contributed by atoms with Gasteiger partial charge in [0.1, 0.15) is 0 Å². The summed E-state index contributed by atoms with van der Waals surface area (Å²) in [6.45, 7) is 18.1. The highest BCUT2D eigenvalue weighted by Gasteiger charge is 2.17. The highest BCUT2D eigenvalue weighted by molar-refractivity contribution is 5.31. The Morgan fingerprint density at radius 2 is 1.65 bits per heavy atom. The molecule has 0 aliphatic rings. The number of allylic oxidation sites excluding steroid dienone is 5. The van der Waals surface area contributed by atoms with E-state index in [1.165, 1.54) is 0 Å². The quantitative estimate of drug-likeness (QED) is 0.484. The van der Waals surface area contributed by atoms with Gasteiger partial charge in [0.2, 0.25) is 0 Å². The number of hydrogen-bond acceptors (Lipinski definition) is 1. The fourth-order valence-corrected chi connectivity index (χ4v) is 1.52. The predicted molar refractivity (Wildman–Crippen MR) is 79.3 cm³/mol. The van der Waals surface area contributed by atoms with Gasteiger partial charge in [-0.2, -0.15) is 0 Å². The molecular weight excluding hydrogens is 208 g/mol. The van der Waals surface area contributed by atoms with E-state index in [1.807, 2.05) is 26.0 Å². The Morgan fingerprint density at radius 3 is 1.94 bits per heavy atom. The van der Waals surface area contributed by atoms with Gasteiger partial charge in [-0.25, -0.2) is 0 Å². The zero-order chi connectivity index (χ0) is 14.1. The average molecular weight is 238 g/mol. The Labute approximate surface area is 108 Å². The SMILES string of the molecule is C=C(/C=C\C(=C(/C)O)C(C)(C)C)CCC.CC. The van der Waals surface area contributed by atoms with Gasteiger partial charge in [0.15, 0.2) is 0 Å². The highest BCUT2D eigenvalue weighted by atomic mass is 16.3. The van der Waals surface area contributed by atoms with Gasteiger partial charge in [-0.3, -0.25) is 0 Å². The molecule has 0 aromatic rings. The standard InChI is InChI=1S/C14H24O.C2H6/c1-7-8-11(2)9-10-13(12(3)15)14(4,5)6;1-2/h9-10,15H,2,7-8H2,1,3-6H3;1-2H3/b10-9-,13-12-;. The van der Waals surface area contributed by atoms with Crippen LogP contribution in [0.25, 0.3) is 0 Å². The van der Waals surface area contributed by atoms with Crippen LogP contribution in [0.4, 0.5) is 0 Å². The number of hydrogen-bond donors (Lipinski definition) is 1. The van der Waals surface area contributed by atoms with Crippen molar-refractivity contribution in [2.75, 3.05) is 0 Å². The molecule has 0 aliphatic carbocycles. The minimum absolute atomic E-state index is 0.0260. The molecule has 0 saturated carbocycles. The molecule has 0 heterocycles. The fraction of sp³-hybridized carbons (Fsp3) is 0.625. The zero-order valence-corrected chi connectivity index (χ0v) is 12.7. The van der Waals surface area contributed by atoms with Crippen molar-refractivity contribution in [1.82, 2.24) is 0 Å². The van der Waals surface area contributed by atoms with Crippen LogP contribution in [-0.4, -0.2) is 5.11 Å². The largest absolute Gasteiger partial charge is 0.512 e. The minimum atomic E-state index is -0.0260. The topological polar surface area (TPSA) is 20.2 Å². The van der Waals surface area contributed by atoms with Crippen LogP contribution in [0.1, 0.15) is 61.3 Å². The van der Waals surface area contributed by atoms with Crippen LogP contribution < -0.4 is 0 Å². The van der Waals surface area contributed by atoms with E-state index in [2.05, 4.69) is 34.3 Å². The van der Waals surface area contributed by atoms with Crippen molar-refractivity contribution in [2.24, 2.45) is 5.41 Å². The summed E-state index contributed by atoms with van der Waals surface area (Å²) >= 11 is 0. The lowest BCUT2D eigenvalue weighted by Gasteiger charge is -2.21. The lowest BCUT2D eigenvalue weighted by Crippen LogP contribution is -2.09. The van der Waals surface area contributed by atoms with Crippen LogP contribution in [0.15, 0.2) is 35.6 Å². The summed E-state index contributed by atoms with van der Waals surface area (Å²) in [6.07, 6.45) is 6.10. The Balaban J connectivity index is 0. The van der Waals surface area contributed by atoms with Crippen molar-refractivity contribution in [3.8, 4) is 0 Å². The van der Waals surface area contributed by atoms with E-state index in [-0.39, 0.29) is 5.41 Å². The maximum absolute atomic E-state index is 9.59. The zero-order valence-electron chi connectivity index (χ0n) is 12.7. The van der Waals surface area contributed by atoms with Gasteiger partial charge in [-0.1, -0.05) is 72.3 Å². The van der Waals surface area contributed by atoms with Crippen LogP contribution in [0.3, 0.4) is 0 Å². The first kappa shape index (κ1) is 18.4. The molecule has 0 radical (unpaired) electrons. The first-order valence-electron chi connectivity index (χ1n) is 6.55. The molecule has 0 rings (SSSR count). The lowest BCUT2D eigenvalue weighted by atomic mass is 9.85. The van der Waals surface area contributed by atoms with E-state index in [0.717, 1.165) is 24.0 Å². The van der Waals surface area contributed by atoms with E-state index >= 15 is 0 Å². The molecule has 1 heteroatoms. The molecule has 0 aromatic carbocycles. The Hall–Kier alpha value is -0.980. The van der Waals surface area contributed by atoms with Gasteiger partial charge in [-0.05, 0) is 24.3 Å². The van der Waals surface area contributed by atoms with Gasteiger partial charge in [0.25, 0.3) is 0 Å². The molecule has 100 valence electrons. The Kier molecular flexibility index (Phi) is 9.83. The van der Waals surface area contributed by atoms with Gasteiger partial charge in [0, 0.05) is 0 Å². The van der Waals surface area contributed by atoms with Crippen molar-refractivity contribution in [3.63, 3.8) is 0 Å². The number of rotatable bonds is 4. The van der Waals surface area contributed by atoms with E-state index in [1.54, 1.807) is 6.92 Å². The van der Waals surface area contributed by atoms with E-state index in [0.29, 0.717) is 5.76 Å². The molecular formula is C16H30O. The molecule has 1 N–H and O–H groups in total. The van der Waals surface area contributed by atoms with Gasteiger partial charge >= 0.3 is 0 Å². The molecule has 0 saturated heterocycles. The predicted octanol–water partition coefficient (Wildman–Crippen LogP) is 5.80. The summed E-state index contributed by atoms with van der Waals surface area (Å²) in [6, 6.07) is 0. The molecule has 0 fully saturated rings. The second-order valence-electron chi connectivity index (χ2n) is 4.99. The van der Waals surface area contributed by atoms with Gasteiger partial charge in [-0.15, -0.1) is 0 Å². The van der Waals surface area contributed by atoms with Crippen molar-refractivity contribution in [2.45, 2.75) is 61.3 Å². The second kappa shape index (κ2) is 9.09. The summed E-state index contributed by atoms with van der Waals surface area (Å²) in [5, 5.41) is 9.59. The smallest absolute Gasteiger partial charge is 0.0928 e. The third kappa shape index (κ3) is 8.79. The van der Waals surface area contributed by atoms with Crippen molar-refractivity contribution < 1.29 is 5.11 Å². The molecule has 0 aromatic heterocycles. The molecule has 1 nitrogen and oxygen atoms in total. The molecule has 17 heavy (non-hydrogen) atoms. The first-order valence-corrected chi connectivity index (χ1v) is 6.55. The van der Waals surface area contributed by atoms with Crippen LogP contribution in [0.2, 0.25) is 0 Å². The second-order valence-corrected chi connectivity index (χ2v) is 4.99. The lowest BCUT2D eigenvalue weighted by molar-refractivity contribution is 0.381. The monoisotopic (exact) mass is 238 g/mol. The highest BCUT2D eigenvalue weighted by Crippen LogP contribution is 2.28. The Bertz CT molecular complexity index is 270. The molecule has 0 bridgehead atoms. The first-order chi connectivity index (χ1) is 7.79. The van der Waals surface area contributed by atoms with Crippen LogP contribution in [0, 0.1) is 5.41 Å². The molecule has 0 aliphatic heterocycles. The van der Waals surface area contributed by atoms with Crippen LogP contribution >= 0.6 is 0 Å². The van der Waals surface area contributed by atoms with Gasteiger partial charge < -0.3 is 5.11 Å². The molecule has 0 amide bonds. The fourth-order valence-electron chi connectivity index (χ4n) is 1.52. The maximum Gasteiger partial charge on any atom is 0.0928 e. The molecule has 0 atom stereocenters. The summed E-state index contributed by atoms with van der Waals surface area (Å²) in [7, 11) is 0. The number of aliphatic hydroxyl groups excluding tert-OH is 1. The van der Waals surface area contributed by atoms with Crippen molar-refractivity contribution in [3.05, 3.63) is 35.6 Å². The normalized spacial score (nSPS) is 12.9. The average Bonchev–Trinajstić information content (AvgIpc) is 2.18. The van der Waals surface area contributed by atoms with E-state index in [9.17, 15) is 5.11 Å². The summed E-state index contributed by atoms with van der Waals surface area (Å²) < 4.78 is 0. The van der Waals surface area contributed by atoms with E-state index in [4.69, 9.17) is 0 Å². The van der Waals surface area contributed by atoms with Crippen LogP contribution in [0.5, 0.6) is 0 Å². The third-order valence-corrected chi connectivity index (χ3v) is 2.25. The van der Waals surface area contributed by atoms with Crippen molar-refractivity contribution >= 4 is 0 Å². The minimum Gasteiger partial charge on any atom is -0.512 e. The van der Waals surface area contributed by atoms with E-state index < -0.39 is 0 Å². The Morgan fingerprint density at radius 1 is 1.18 bits per heavy atom. The van der Waals surface area contributed by atoms with Gasteiger partial charge in [0.05, 0.1) is 5.76 Å². The summed E-state index contributed by atoms with van der Waals surface area (Å²) in [5.74, 6) is 0.392. The van der Waals surface area contributed by atoms with Crippen LogP contribution in [-0.2, 0) is 0 Å². The maximum atomic E-state index is 9.59.